The molecule has 0 saturated carbocycles. The average Bonchev–Trinajstić information content (AvgIpc) is 2.81. The Morgan fingerprint density at radius 3 is 2.86 bits per heavy atom. The van der Waals surface area contributed by atoms with Crippen molar-refractivity contribution in [2.75, 3.05) is 13.2 Å². The van der Waals surface area contributed by atoms with Gasteiger partial charge in [-0.3, -0.25) is 4.79 Å². The van der Waals surface area contributed by atoms with Crippen LogP contribution in [0.25, 0.3) is 0 Å². The second-order valence-electron chi connectivity index (χ2n) is 4.90. The summed E-state index contributed by atoms with van der Waals surface area (Å²) in [5.41, 5.74) is -1.24. The number of carboxylic acids is 1. The third kappa shape index (κ3) is 2.87. The van der Waals surface area contributed by atoms with Gasteiger partial charge in [0.25, 0.3) is 0 Å². The van der Waals surface area contributed by atoms with E-state index >= 15 is 0 Å². The third-order valence-corrected chi connectivity index (χ3v) is 4.86. The molecule has 2 unspecified atom stereocenters. The summed E-state index contributed by atoms with van der Waals surface area (Å²) >= 11 is 0. The number of carboxylic acid groups (broad SMARTS) is 1. The highest BCUT2D eigenvalue weighted by Gasteiger charge is 2.48. The van der Waals surface area contributed by atoms with E-state index in [1.807, 2.05) is 0 Å². The first kappa shape index (κ1) is 15.4. The molecule has 1 aliphatic heterocycles. The Balaban J connectivity index is 2.25. The average molecular weight is 311 g/mol. The Bertz CT molecular complexity index is 695. The molecule has 0 bridgehead atoms. The number of pyridine rings is 1. The SMILES string of the molecule is CC1(C(=O)O)COCC1NS(=O)(=O)c1ccc(C#N)nc1. The van der Waals surface area contributed by atoms with Crippen LogP contribution in [0.3, 0.4) is 0 Å². The second kappa shape index (κ2) is 5.40. The molecule has 1 aliphatic rings. The van der Waals surface area contributed by atoms with E-state index in [-0.39, 0.29) is 23.8 Å². The lowest BCUT2D eigenvalue weighted by Crippen LogP contribution is -2.49. The molecular weight excluding hydrogens is 298 g/mol. The van der Waals surface area contributed by atoms with Crippen molar-refractivity contribution >= 4 is 16.0 Å². The first-order valence-corrected chi connectivity index (χ1v) is 7.47. The topological polar surface area (TPSA) is 129 Å². The van der Waals surface area contributed by atoms with Crippen LogP contribution < -0.4 is 4.72 Å². The van der Waals surface area contributed by atoms with Gasteiger partial charge in [-0.05, 0) is 19.1 Å². The minimum Gasteiger partial charge on any atom is -0.481 e. The maximum atomic E-state index is 12.2. The maximum absolute atomic E-state index is 12.2. The van der Waals surface area contributed by atoms with Crippen molar-refractivity contribution in [3.63, 3.8) is 0 Å². The fraction of sp³-hybridized carbons (Fsp3) is 0.417. The van der Waals surface area contributed by atoms with Crippen molar-refractivity contribution in [1.82, 2.24) is 9.71 Å². The molecule has 0 radical (unpaired) electrons. The number of rotatable bonds is 4. The van der Waals surface area contributed by atoms with E-state index in [2.05, 4.69) is 9.71 Å². The summed E-state index contributed by atoms with van der Waals surface area (Å²) in [7, 11) is -3.94. The molecular formula is C12H13N3O5S. The van der Waals surface area contributed by atoms with Crippen molar-refractivity contribution in [3.8, 4) is 6.07 Å². The van der Waals surface area contributed by atoms with E-state index in [0.717, 1.165) is 6.20 Å². The molecule has 2 N–H and O–H groups in total. The molecule has 1 aromatic rings. The zero-order valence-corrected chi connectivity index (χ0v) is 11.9. The van der Waals surface area contributed by atoms with Crippen molar-refractivity contribution in [3.05, 3.63) is 24.0 Å². The molecule has 0 amide bonds. The minimum absolute atomic E-state index is 0.0221. The number of sulfonamides is 1. The zero-order chi connectivity index (χ0) is 15.7. The van der Waals surface area contributed by atoms with Gasteiger partial charge in [0.2, 0.25) is 10.0 Å². The minimum atomic E-state index is -3.94. The molecule has 1 fully saturated rings. The van der Waals surface area contributed by atoms with Crippen LogP contribution in [0, 0.1) is 16.7 Å². The van der Waals surface area contributed by atoms with E-state index in [1.54, 1.807) is 6.07 Å². The van der Waals surface area contributed by atoms with Crippen LogP contribution >= 0.6 is 0 Å². The Morgan fingerprint density at radius 1 is 1.62 bits per heavy atom. The smallest absolute Gasteiger partial charge is 0.313 e. The number of nitriles is 1. The van der Waals surface area contributed by atoms with Gasteiger partial charge in [0.1, 0.15) is 22.1 Å². The van der Waals surface area contributed by atoms with Gasteiger partial charge >= 0.3 is 5.97 Å². The monoisotopic (exact) mass is 311 g/mol. The highest BCUT2D eigenvalue weighted by atomic mass is 32.2. The van der Waals surface area contributed by atoms with Gasteiger partial charge in [-0.2, -0.15) is 5.26 Å². The Hall–Kier alpha value is -2.02. The molecule has 9 heteroatoms. The lowest BCUT2D eigenvalue weighted by molar-refractivity contribution is -0.148. The number of ether oxygens (including phenoxy) is 1. The molecule has 1 saturated heterocycles. The van der Waals surface area contributed by atoms with E-state index < -0.39 is 27.4 Å². The molecule has 2 heterocycles. The maximum Gasteiger partial charge on any atom is 0.313 e. The van der Waals surface area contributed by atoms with Crippen LogP contribution in [0.2, 0.25) is 0 Å². The summed E-state index contributed by atoms with van der Waals surface area (Å²) in [4.78, 5) is 14.8. The molecule has 1 aromatic heterocycles. The second-order valence-corrected chi connectivity index (χ2v) is 6.62. The van der Waals surface area contributed by atoms with Gasteiger partial charge in [0.15, 0.2) is 0 Å². The fourth-order valence-corrected chi connectivity index (χ4v) is 3.19. The van der Waals surface area contributed by atoms with Gasteiger partial charge in [0, 0.05) is 6.20 Å². The zero-order valence-electron chi connectivity index (χ0n) is 11.1. The first-order valence-electron chi connectivity index (χ1n) is 5.99. The Kier molecular flexibility index (Phi) is 3.95. The molecule has 2 atom stereocenters. The number of hydrogen-bond donors (Lipinski definition) is 2. The van der Waals surface area contributed by atoms with Crippen LogP contribution in [-0.2, 0) is 19.6 Å². The Labute approximate surface area is 121 Å². The van der Waals surface area contributed by atoms with Gasteiger partial charge in [-0.1, -0.05) is 0 Å². The lowest BCUT2D eigenvalue weighted by Gasteiger charge is -2.25. The standard InChI is InChI=1S/C12H13N3O5S/c1-12(11(16)17)7-20-6-10(12)15-21(18,19)9-3-2-8(4-13)14-5-9/h2-3,5,10,15H,6-7H2,1H3,(H,16,17). The predicted molar refractivity (Wildman–Crippen MR) is 69.6 cm³/mol. The van der Waals surface area contributed by atoms with Gasteiger partial charge < -0.3 is 9.84 Å². The summed E-state index contributed by atoms with van der Waals surface area (Å²) in [6.45, 7) is 1.33. The van der Waals surface area contributed by atoms with Gasteiger partial charge in [0.05, 0.1) is 19.3 Å². The van der Waals surface area contributed by atoms with Crippen LogP contribution in [-0.4, -0.2) is 43.7 Å². The molecule has 0 spiro atoms. The summed E-state index contributed by atoms with van der Waals surface area (Å²) in [5.74, 6) is -1.13. The van der Waals surface area contributed by atoms with Crippen molar-refractivity contribution in [2.24, 2.45) is 5.41 Å². The van der Waals surface area contributed by atoms with E-state index in [1.165, 1.54) is 19.1 Å². The van der Waals surface area contributed by atoms with E-state index in [4.69, 9.17) is 10.00 Å². The number of carbonyl (C=O) groups is 1. The largest absolute Gasteiger partial charge is 0.481 e. The number of aromatic nitrogens is 1. The lowest BCUT2D eigenvalue weighted by atomic mass is 9.86. The fourth-order valence-electron chi connectivity index (χ4n) is 1.91. The number of aliphatic carboxylic acids is 1. The normalized spacial score (nSPS) is 25.4. The van der Waals surface area contributed by atoms with Crippen molar-refractivity contribution in [2.45, 2.75) is 17.9 Å². The van der Waals surface area contributed by atoms with Crippen molar-refractivity contribution < 1.29 is 23.1 Å². The molecule has 21 heavy (non-hydrogen) atoms. The molecule has 8 nitrogen and oxygen atoms in total. The Morgan fingerprint density at radius 2 is 2.33 bits per heavy atom. The molecule has 112 valence electrons. The van der Waals surface area contributed by atoms with Gasteiger partial charge in [-0.25, -0.2) is 18.1 Å². The van der Waals surface area contributed by atoms with Gasteiger partial charge in [-0.15, -0.1) is 0 Å². The highest BCUT2D eigenvalue weighted by Crippen LogP contribution is 2.29. The predicted octanol–water partition coefficient (Wildman–Crippen LogP) is -0.279. The molecule has 0 aliphatic carbocycles. The highest BCUT2D eigenvalue weighted by molar-refractivity contribution is 7.89. The van der Waals surface area contributed by atoms with E-state index in [0.29, 0.717) is 0 Å². The van der Waals surface area contributed by atoms with E-state index in [9.17, 15) is 18.3 Å². The summed E-state index contributed by atoms with van der Waals surface area (Å²) < 4.78 is 31.8. The number of nitrogens with one attached hydrogen (secondary N) is 1. The van der Waals surface area contributed by atoms with Crippen molar-refractivity contribution in [1.29, 1.82) is 5.26 Å². The molecule has 2 rings (SSSR count). The quantitative estimate of drug-likeness (QED) is 0.782. The third-order valence-electron chi connectivity index (χ3n) is 3.40. The summed E-state index contributed by atoms with van der Waals surface area (Å²) in [6, 6.07) is 3.42. The number of nitrogens with zero attached hydrogens (tertiary/aromatic N) is 2. The van der Waals surface area contributed by atoms with Crippen LogP contribution in [0.1, 0.15) is 12.6 Å². The van der Waals surface area contributed by atoms with Crippen LogP contribution in [0.5, 0.6) is 0 Å². The van der Waals surface area contributed by atoms with Crippen LogP contribution in [0.15, 0.2) is 23.2 Å². The first-order chi connectivity index (χ1) is 9.79. The summed E-state index contributed by atoms with van der Waals surface area (Å²) in [6.07, 6.45) is 1.05. The summed E-state index contributed by atoms with van der Waals surface area (Å²) in [5, 5.41) is 17.8. The molecule has 0 aromatic carbocycles. The van der Waals surface area contributed by atoms with Crippen LogP contribution in [0.4, 0.5) is 0 Å². The number of hydrogen-bond acceptors (Lipinski definition) is 6.